The molecule has 0 amide bonds. The van der Waals surface area contributed by atoms with Crippen molar-refractivity contribution >= 4 is 0 Å². The highest BCUT2D eigenvalue weighted by Gasteiger charge is 2.54. The molecule has 22 heavy (non-hydrogen) atoms. The van der Waals surface area contributed by atoms with Gasteiger partial charge in [0.15, 0.2) is 11.5 Å². The summed E-state index contributed by atoms with van der Waals surface area (Å²) >= 11 is 0. The number of phenolic OH excluding ortho intramolecular Hbond substituents is 1. The lowest BCUT2D eigenvalue weighted by Crippen LogP contribution is -2.43. The fourth-order valence-corrected chi connectivity index (χ4v) is 5.64. The van der Waals surface area contributed by atoms with Gasteiger partial charge in [-0.15, -0.1) is 0 Å². The van der Waals surface area contributed by atoms with Gasteiger partial charge in [0.2, 0.25) is 0 Å². The van der Waals surface area contributed by atoms with Crippen molar-refractivity contribution in [3.63, 3.8) is 0 Å². The van der Waals surface area contributed by atoms with E-state index >= 15 is 0 Å². The highest BCUT2D eigenvalue weighted by molar-refractivity contribution is 5.49. The summed E-state index contributed by atoms with van der Waals surface area (Å²) in [6, 6.07) is 3.44. The summed E-state index contributed by atoms with van der Waals surface area (Å²) in [4.78, 5) is 0. The summed E-state index contributed by atoms with van der Waals surface area (Å²) in [7, 11) is -2.57. The van der Waals surface area contributed by atoms with Crippen LogP contribution >= 0.6 is 0 Å². The molecule has 3 aliphatic carbocycles. The summed E-state index contributed by atoms with van der Waals surface area (Å²) in [5, 5.41) is 20.6. The van der Waals surface area contributed by atoms with Crippen LogP contribution in [0.5, 0.6) is 11.5 Å². The first-order valence-corrected chi connectivity index (χ1v) is 8.42. The van der Waals surface area contributed by atoms with Gasteiger partial charge in [-0.05, 0) is 85.0 Å². The first kappa shape index (κ1) is 11.3. The molecule has 5 atom stereocenters. The molecule has 2 fully saturated rings. The van der Waals surface area contributed by atoms with E-state index in [1.807, 2.05) is 0 Å². The zero-order valence-corrected chi connectivity index (χ0v) is 13.0. The molecule has 1 aromatic rings. The number of phenols is 1. The number of fused-ring (bicyclic) bond motifs is 5. The van der Waals surface area contributed by atoms with Crippen LogP contribution in [0.3, 0.4) is 0 Å². The van der Waals surface area contributed by atoms with Crippen molar-refractivity contribution in [1.29, 1.82) is 0 Å². The minimum absolute atomic E-state index is 0.0214. The smallest absolute Gasteiger partial charge is 0.160 e. The van der Waals surface area contributed by atoms with Gasteiger partial charge in [0.05, 0.1) is 17.3 Å². The van der Waals surface area contributed by atoms with Crippen LogP contribution < -0.4 is 4.74 Å². The number of hydrogen-bond acceptors (Lipinski definition) is 3. The molecule has 0 saturated heterocycles. The Morgan fingerprint density at radius 1 is 1.27 bits per heavy atom. The van der Waals surface area contributed by atoms with Crippen molar-refractivity contribution in [2.75, 3.05) is 7.04 Å². The molecular weight excluding hydrogens is 277 g/mol. The number of aliphatic hydroxyl groups excluding tert-OH is 1. The molecule has 0 radical (unpaired) electrons. The summed E-state index contributed by atoms with van der Waals surface area (Å²) in [6.07, 6.45) is 5.72. The van der Waals surface area contributed by atoms with Gasteiger partial charge in [0.25, 0.3) is 0 Å². The fourth-order valence-electron chi connectivity index (χ4n) is 5.64. The highest BCUT2D eigenvalue weighted by atomic mass is 16.5. The number of benzene rings is 1. The maximum absolute atomic E-state index is 10.5. The Kier molecular flexibility index (Phi) is 2.52. The Labute approximate surface area is 136 Å². The van der Waals surface area contributed by atoms with Crippen molar-refractivity contribution in [3.8, 4) is 11.5 Å². The van der Waals surface area contributed by atoms with Gasteiger partial charge >= 0.3 is 0 Å². The second-order valence-corrected chi connectivity index (χ2v) is 7.67. The summed E-state index contributed by atoms with van der Waals surface area (Å²) in [5.74, 6) is 1.37. The van der Waals surface area contributed by atoms with Crippen molar-refractivity contribution in [2.45, 2.75) is 57.5 Å². The van der Waals surface area contributed by atoms with E-state index in [-0.39, 0.29) is 23.0 Å². The number of aromatic hydroxyl groups is 1. The zero-order chi connectivity index (χ0) is 18.0. The van der Waals surface area contributed by atoms with Crippen LogP contribution in [0, 0.1) is 17.3 Å². The van der Waals surface area contributed by atoms with Gasteiger partial charge in [-0.1, -0.05) is 6.92 Å². The SMILES string of the molecule is [2H][13C]([2H])([2H])Oc1cc2c(cc1O)CC[C@@H]1[C@@H]2CC[C@]2(C)[C@@H](O)CC[C@@H]12. The van der Waals surface area contributed by atoms with Crippen LogP contribution in [-0.2, 0) is 6.42 Å². The Balaban J connectivity index is 1.69. The average molecular weight is 306 g/mol. The molecule has 0 bridgehead atoms. The van der Waals surface area contributed by atoms with Crippen LogP contribution in [0.2, 0.25) is 0 Å². The van der Waals surface area contributed by atoms with Gasteiger partial charge in [0, 0.05) is 0 Å². The van der Waals surface area contributed by atoms with Crippen molar-refractivity contribution in [3.05, 3.63) is 23.3 Å². The number of aliphatic hydroxyl groups is 1. The highest BCUT2D eigenvalue weighted by Crippen LogP contribution is 2.61. The van der Waals surface area contributed by atoms with Crippen molar-refractivity contribution in [2.24, 2.45) is 17.3 Å². The molecule has 3 nitrogen and oxygen atoms in total. The Morgan fingerprint density at radius 3 is 2.95 bits per heavy atom. The first-order valence-electron chi connectivity index (χ1n) is 9.92. The molecule has 120 valence electrons. The van der Waals surface area contributed by atoms with Gasteiger partial charge in [-0.25, -0.2) is 0 Å². The topological polar surface area (TPSA) is 49.7 Å². The normalized spacial score (nSPS) is 42.4. The maximum atomic E-state index is 10.5. The van der Waals surface area contributed by atoms with E-state index in [1.54, 1.807) is 12.1 Å². The largest absolute Gasteiger partial charge is 0.504 e. The van der Waals surface area contributed by atoms with Crippen LogP contribution in [-0.4, -0.2) is 23.4 Å². The van der Waals surface area contributed by atoms with E-state index in [4.69, 9.17) is 8.85 Å². The second kappa shape index (κ2) is 4.89. The Bertz CT molecular complexity index is 687. The minimum Gasteiger partial charge on any atom is -0.504 e. The van der Waals surface area contributed by atoms with Gasteiger partial charge in [0.1, 0.15) is 0 Å². The number of methoxy groups -OCH3 is 1. The second-order valence-electron chi connectivity index (χ2n) is 7.67. The van der Waals surface area contributed by atoms with Crippen LogP contribution in [0.4, 0.5) is 0 Å². The minimum atomic E-state index is -2.57. The molecule has 0 heterocycles. The average Bonchev–Trinajstić information content (AvgIpc) is 2.82. The lowest BCUT2D eigenvalue weighted by Gasteiger charge is -2.50. The molecule has 0 spiro atoms. The molecule has 3 heteroatoms. The predicted octanol–water partition coefficient (Wildman–Crippen LogP) is 3.62. The zero-order valence-electron chi connectivity index (χ0n) is 16.0. The van der Waals surface area contributed by atoms with Crippen molar-refractivity contribution in [1.82, 2.24) is 0 Å². The van der Waals surface area contributed by atoms with Crippen LogP contribution in [0.1, 0.15) is 60.2 Å². The lowest BCUT2D eigenvalue weighted by atomic mass is 9.55. The quantitative estimate of drug-likeness (QED) is 0.779. The molecule has 0 unspecified atom stereocenters. The molecular formula is C19H26O3. The number of rotatable bonds is 1. The molecule has 2 N–H and O–H groups in total. The molecule has 2 saturated carbocycles. The first-order chi connectivity index (χ1) is 11.7. The van der Waals surface area contributed by atoms with Crippen LogP contribution in [0.25, 0.3) is 0 Å². The van der Waals surface area contributed by atoms with E-state index in [9.17, 15) is 10.2 Å². The number of aryl methyl sites for hydroxylation is 1. The molecule has 1 aromatic carbocycles. The predicted molar refractivity (Wildman–Crippen MR) is 85.3 cm³/mol. The monoisotopic (exact) mass is 306 g/mol. The molecule has 0 aromatic heterocycles. The van der Waals surface area contributed by atoms with Crippen LogP contribution in [0.15, 0.2) is 12.1 Å². The van der Waals surface area contributed by atoms with E-state index in [0.29, 0.717) is 17.8 Å². The van der Waals surface area contributed by atoms with E-state index < -0.39 is 7.04 Å². The fraction of sp³-hybridized carbons (Fsp3) is 0.684. The summed E-state index contributed by atoms with van der Waals surface area (Å²) < 4.78 is 26.9. The summed E-state index contributed by atoms with van der Waals surface area (Å²) in [6.45, 7) is 2.24. The molecule has 4 rings (SSSR count). The van der Waals surface area contributed by atoms with E-state index in [2.05, 4.69) is 6.92 Å². The van der Waals surface area contributed by atoms with Crippen molar-refractivity contribution < 1.29 is 19.1 Å². The maximum Gasteiger partial charge on any atom is 0.160 e. The third-order valence-corrected chi connectivity index (χ3v) is 6.86. The number of ether oxygens (including phenoxy) is 1. The van der Waals surface area contributed by atoms with Gasteiger partial charge in [-0.3, -0.25) is 0 Å². The summed E-state index contributed by atoms with van der Waals surface area (Å²) in [5.41, 5.74) is 2.27. The number of hydrogen-bond donors (Lipinski definition) is 2. The Morgan fingerprint density at radius 2 is 2.14 bits per heavy atom. The third-order valence-electron chi connectivity index (χ3n) is 6.86. The third kappa shape index (κ3) is 1.84. The van der Waals surface area contributed by atoms with Gasteiger partial charge in [-0.2, -0.15) is 0 Å². The standard InChI is InChI=1S/C19H26O3/c1-19-8-7-12-13(15(19)5-6-18(19)21)4-3-11-9-16(20)17(22-2)10-14(11)12/h9-10,12-13,15,18,20-21H,3-8H2,1-2H3/t12-,13+,15-,18-,19-/m0/s1/i2+1D3. The molecule has 0 aliphatic heterocycles. The van der Waals surface area contributed by atoms with E-state index in [1.165, 1.54) is 0 Å². The molecule has 3 aliphatic rings. The van der Waals surface area contributed by atoms with E-state index in [0.717, 1.165) is 49.7 Å². The van der Waals surface area contributed by atoms with Gasteiger partial charge < -0.3 is 14.9 Å². The Hall–Kier alpha value is -1.22. The lowest BCUT2D eigenvalue weighted by molar-refractivity contribution is -0.0226.